The van der Waals surface area contributed by atoms with Gasteiger partial charge in [0.15, 0.2) is 0 Å². The number of hydrogen-bond donors (Lipinski definition) is 0. The Labute approximate surface area is 120 Å². The highest BCUT2D eigenvalue weighted by atomic mass is 79.9. The van der Waals surface area contributed by atoms with Gasteiger partial charge in [0.1, 0.15) is 12.1 Å². The van der Waals surface area contributed by atoms with Crippen LogP contribution in [0.4, 0.5) is 13.2 Å². The minimum atomic E-state index is -4.64. The predicted molar refractivity (Wildman–Crippen MR) is 66.0 cm³/mol. The highest BCUT2D eigenvalue weighted by Crippen LogP contribution is 2.39. The van der Waals surface area contributed by atoms with Gasteiger partial charge in [-0.05, 0) is 34.1 Å². The summed E-state index contributed by atoms with van der Waals surface area (Å²) in [5, 5.41) is 8.67. The minimum absolute atomic E-state index is 0.0461. The maximum atomic E-state index is 12.9. The fraction of sp³-hybridized carbons (Fsp3) is 0.0833. The summed E-state index contributed by atoms with van der Waals surface area (Å²) in [5.41, 5.74) is -1.14. The van der Waals surface area contributed by atoms with Crippen LogP contribution in [0, 0.1) is 11.3 Å². The van der Waals surface area contributed by atoms with Crippen LogP contribution in [0.5, 0.6) is 11.6 Å². The van der Waals surface area contributed by atoms with Gasteiger partial charge in [0.25, 0.3) is 0 Å². The Bertz CT molecular complexity index is 682. The zero-order valence-electron chi connectivity index (χ0n) is 9.65. The van der Waals surface area contributed by atoms with Crippen molar-refractivity contribution in [2.24, 2.45) is 0 Å². The van der Waals surface area contributed by atoms with Gasteiger partial charge in [0, 0.05) is 6.20 Å². The lowest BCUT2D eigenvalue weighted by Gasteiger charge is -2.13. The van der Waals surface area contributed by atoms with Gasteiger partial charge in [-0.25, -0.2) is 9.97 Å². The van der Waals surface area contributed by atoms with Crippen LogP contribution in [0.2, 0.25) is 0 Å². The lowest BCUT2D eigenvalue weighted by molar-refractivity contribution is -0.138. The van der Waals surface area contributed by atoms with Gasteiger partial charge < -0.3 is 4.74 Å². The van der Waals surface area contributed by atoms with E-state index in [1.807, 2.05) is 0 Å². The first-order chi connectivity index (χ1) is 9.41. The van der Waals surface area contributed by atoms with Crippen LogP contribution < -0.4 is 4.74 Å². The van der Waals surface area contributed by atoms with Crippen molar-refractivity contribution in [1.29, 1.82) is 5.26 Å². The Morgan fingerprint density at radius 2 is 2.05 bits per heavy atom. The molecule has 2 aromatic rings. The molecule has 0 aliphatic heterocycles. The third-order valence-electron chi connectivity index (χ3n) is 2.25. The summed E-state index contributed by atoms with van der Waals surface area (Å²) in [7, 11) is 0. The van der Waals surface area contributed by atoms with E-state index < -0.39 is 17.5 Å². The van der Waals surface area contributed by atoms with Gasteiger partial charge in [-0.15, -0.1) is 0 Å². The Kier molecular flexibility index (Phi) is 3.90. The molecule has 0 fully saturated rings. The quantitative estimate of drug-likeness (QED) is 0.829. The van der Waals surface area contributed by atoms with Crippen LogP contribution in [-0.2, 0) is 6.18 Å². The number of rotatable bonds is 2. The van der Waals surface area contributed by atoms with Crippen molar-refractivity contribution in [3.8, 4) is 17.7 Å². The molecule has 0 saturated carbocycles. The minimum Gasteiger partial charge on any atom is -0.437 e. The standard InChI is InChI=1S/C12H5BrF3N3O/c13-9-5-18-6-19-11(9)20-10-2-1-7(4-17)3-8(10)12(14,15)16/h1-3,5-6H. The molecule has 4 nitrogen and oxygen atoms in total. The summed E-state index contributed by atoms with van der Waals surface area (Å²) in [6, 6.07) is 4.69. The Morgan fingerprint density at radius 3 is 2.65 bits per heavy atom. The Hall–Kier alpha value is -2.14. The van der Waals surface area contributed by atoms with Gasteiger partial charge in [-0.3, -0.25) is 0 Å². The molecule has 0 N–H and O–H groups in total. The molecular weight excluding hydrogens is 339 g/mol. The molecule has 1 aromatic carbocycles. The molecule has 0 bridgehead atoms. The van der Waals surface area contributed by atoms with Crippen molar-refractivity contribution in [2.45, 2.75) is 6.18 Å². The highest BCUT2D eigenvalue weighted by Gasteiger charge is 2.35. The number of ether oxygens (including phenoxy) is 1. The van der Waals surface area contributed by atoms with Crippen molar-refractivity contribution in [3.63, 3.8) is 0 Å². The maximum absolute atomic E-state index is 12.9. The van der Waals surface area contributed by atoms with E-state index in [4.69, 9.17) is 10.00 Å². The van der Waals surface area contributed by atoms with E-state index in [2.05, 4.69) is 25.9 Å². The first-order valence-electron chi connectivity index (χ1n) is 5.16. The first-order valence-corrected chi connectivity index (χ1v) is 5.96. The monoisotopic (exact) mass is 343 g/mol. The van der Waals surface area contributed by atoms with E-state index in [0.29, 0.717) is 4.47 Å². The van der Waals surface area contributed by atoms with Crippen LogP contribution in [0.15, 0.2) is 35.2 Å². The molecule has 2 rings (SSSR count). The SMILES string of the molecule is N#Cc1ccc(Oc2ncncc2Br)c(C(F)(F)F)c1. The first kappa shape index (κ1) is 14.3. The van der Waals surface area contributed by atoms with E-state index in [0.717, 1.165) is 18.5 Å². The summed E-state index contributed by atoms with van der Waals surface area (Å²) in [6.45, 7) is 0. The molecular formula is C12H5BrF3N3O. The zero-order valence-corrected chi connectivity index (χ0v) is 11.2. The number of hydrogen-bond acceptors (Lipinski definition) is 4. The van der Waals surface area contributed by atoms with Gasteiger partial charge in [0.2, 0.25) is 5.88 Å². The molecule has 0 amide bonds. The average molecular weight is 344 g/mol. The predicted octanol–water partition coefficient (Wildman–Crippen LogP) is 3.92. The lowest BCUT2D eigenvalue weighted by atomic mass is 10.1. The molecule has 0 aliphatic rings. The molecule has 20 heavy (non-hydrogen) atoms. The number of halogens is 4. The molecule has 0 unspecified atom stereocenters. The number of nitrogens with zero attached hydrogens (tertiary/aromatic N) is 3. The summed E-state index contributed by atoms with van der Waals surface area (Å²) in [5.74, 6) is -0.480. The normalized spacial score (nSPS) is 10.9. The summed E-state index contributed by atoms with van der Waals surface area (Å²) in [4.78, 5) is 7.41. The van der Waals surface area contributed by atoms with Crippen LogP contribution >= 0.6 is 15.9 Å². The molecule has 1 aromatic heterocycles. The smallest absolute Gasteiger partial charge is 0.420 e. The van der Waals surface area contributed by atoms with Crippen LogP contribution in [0.25, 0.3) is 0 Å². The third-order valence-corrected chi connectivity index (χ3v) is 2.80. The molecule has 102 valence electrons. The molecule has 0 radical (unpaired) electrons. The highest BCUT2D eigenvalue weighted by molar-refractivity contribution is 9.10. The molecule has 0 spiro atoms. The molecule has 8 heteroatoms. The second-order valence-corrected chi connectivity index (χ2v) is 4.45. The average Bonchev–Trinajstić information content (AvgIpc) is 2.40. The van der Waals surface area contributed by atoms with E-state index in [9.17, 15) is 13.2 Å². The second-order valence-electron chi connectivity index (χ2n) is 3.60. The van der Waals surface area contributed by atoms with E-state index >= 15 is 0 Å². The summed E-state index contributed by atoms with van der Waals surface area (Å²) >= 11 is 3.07. The summed E-state index contributed by atoms with van der Waals surface area (Å²) in [6.07, 6.45) is -2.14. The molecule has 0 saturated heterocycles. The van der Waals surface area contributed by atoms with Gasteiger partial charge >= 0.3 is 6.18 Å². The lowest BCUT2D eigenvalue weighted by Crippen LogP contribution is -2.08. The third kappa shape index (κ3) is 3.05. The van der Waals surface area contributed by atoms with Crippen LogP contribution in [0.1, 0.15) is 11.1 Å². The molecule has 1 heterocycles. The van der Waals surface area contributed by atoms with E-state index in [1.54, 1.807) is 6.07 Å². The van der Waals surface area contributed by atoms with Crippen molar-refractivity contribution in [3.05, 3.63) is 46.3 Å². The number of aromatic nitrogens is 2. The summed E-state index contributed by atoms with van der Waals surface area (Å²) < 4.78 is 44.3. The van der Waals surface area contributed by atoms with Crippen molar-refractivity contribution < 1.29 is 17.9 Å². The van der Waals surface area contributed by atoms with Crippen molar-refractivity contribution in [1.82, 2.24) is 9.97 Å². The zero-order chi connectivity index (χ0) is 14.8. The Balaban J connectivity index is 2.47. The number of benzene rings is 1. The number of nitriles is 1. The topological polar surface area (TPSA) is 58.8 Å². The van der Waals surface area contributed by atoms with Crippen molar-refractivity contribution >= 4 is 15.9 Å². The fourth-order valence-corrected chi connectivity index (χ4v) is 1.69. The fourth-order valence-electron chi connectivity index (χ4n) is 1.39. The van der Waals surface area contributed by atoms with E-state index in [-0.39, 0.29) is 11.4 Å². The van der Waals surface area contributed by atoms with Crippen LogP contribution in [0.3, 0.4) is 0 Å². The van der Waals surface area contributed by atoms with E-state index in [1.165, 1.54) is 12.3 Å². The molecule has 0 atom stereocenters. The van der Waals surface area contributed by atoms with Crippen LogP contribution in [-0.4, -0.2) is 9.97 Å². The van der Waals surface area contributed by atoms with Gasteiger partial charge in [-0.1, -0.05) is 0 Å². The van der Waals surface area contributed by atoms with Gasteiger partial charge in [-0.2, -0.15) is 18.4 Å². The largest absolute Gasteiger partial charge is 0.437 e. The molecule has 0 aliphatic carbocycles. The Morgan fingerprint density at radius 1 is 1.30 bits per heavy atom. The van der Waals surface area contributed by atoms with Gasteiger partial charge in [0.05, 0.1) is 21.7 Å². The van der Waals surface area contributed by atoms with Crippen molar-refractivity contribution in [2.75, 3.05) is 0 Å². The maximum Gasteiger partial charge on any atom is 0.420 e. The second kappa shape index (κ2) is 5.46. The number of alkyl halides is 3.